The van der Waals surface area contributed by atoms with E-state index in [0.29, 0.717) is 29.8 Å². The zero-order valence-electron chi connectivity index (χ0n) is 18.7. The predicted molar refractivity (Wildman–Crippen MR) is 128 cm³/mol. The van der Waals surface area contributed by atoms with Gasteiger partial charge in [0.05, 0.1) is 12.2 Å². The molecule has 0 radical (unpaired) electrons. The molecule has 7 heteroatoms. The minimum Gasteiger partial charge on any atom is -0.462 e. The molecule has 1 aliphatic rings. The van der Waals surface area contributed by atoms with Gasteiger partial charge in [-0.15, -0.1) is 0 Å². The molecule has 0 aliphatic carbocycles. The molecule has 0 saturated heterocycles. The van der Waals surface area contributed by atoms with Crippen LogP contribution in [0.1, 0.15) is 40.1 Å². The van der Waals surface area contributed by atoms with Crippen LogP contribution >= 0.6 is 0 Å². The first-order valence-corrected chi connectivity index (χ1v) is 11.3. The lowest BCUT2D eigenvalue weighted by atomic mass is 9.92. The van der Waals surface area contributed by atoms with Crippen LogP contribution in [0.15, 0.2) is 72.8 Å². The second kappa shape index (κ2) is 9.02. The lowest BCUT2D eigenvalue weighted by Gasteiger charge is -2.36. The Morgan fingerprint density at radius 1 is 1.09 bits per heavy atom. The van der Waals surface area contributed by atoms with Crippen molar-refractivity contribution in [3.8, 4) is 0 Å². The fourth-order valence-corrected chi connectivity index (χ4v) is 4.61. The van der Waals surface area contributed by atoms with Crippen molar-refractivity contribution >= 4 is 28.6 Å². The lowest BCUT2D eigenvalue weighted by Crippen LogP contribution is -2.43. The third-order valence-corrected chi connectivity index (χ3v) is 6.12. The van der Waals surface area contributed by atoms with E-state index < -0.39 is 12.0 Å². The molecule has 1 atom stereocenters. The topological polar surface area (TPSA) is 74.4 Å². The third kappa shape index (κ3) is 3.90. The van der Waals surface area contributed by atoms with Crippen molar-refractivity contribution in [1.29, 1.82) is 0 Å². The highest BCUT2D eigenvalue weighted by Gasteiger charge is 2.36. The number of benzene rings is 3. The summed E-state index contributed by atoms with van der Waals surface area (Å²) in [5.41, 5.74) is 4.10. The summed E-state index contributed by atoms with van der Waals surface area (Å²) in [6, 6.07) is 20.1. The number of carbonyl (C=O) groups excluding carboxylic acids is 2. The maximum absolute atomic E-state index is 15.0. The summed E-state index contributed by atoms with van der Waals surface area (Å²) in [6.07, 6.45) is 0.639. The molecule has 0 unspecified atom stereocenters. The van der Waals surface area contributed by atoms with E-state index in [-0.39, 0.29) is 18.5 Å². The SMILES string of the molecule is CCOC(=O)c1cccc(NC(=O)N2CCc3c([nH]c4ccccc34)[C@@H]2c2ccccc2F)c1. The van der Waals surface area contributed by atoms with E-state index in [1.165, 1.54) is 6.07 Å². The molecule has 0 saturated carbocycles. The maximum Gasteiger partial charge on any atom is 0.338 e. The Hall–Kier alpha value is -4.13. The number of ether oxygens (including phenoxy) is 1. The van der Waals surface area contributed by atoms with E-state index >= 15 is 0 Å². The zero-order valence-corrected chi connectivity index (χ0v) is 18.7. The number of halogens is 1. The number of nitrogens with zero attached hydrogens (tertiary/aromatic N) is 1. The first kappa shape index (κ1) is 21.7. The van der Waals surface area contributed by atoms with Crippen LogP contribution in [0.5, 0.6) is 0 Å². The van der Waals surface area contributed by atoms with Crippen molar-refractivity contribution in [2.45, 2.75) is 19.4 Å². The quantitative estimate of drug-likeness (QED) is 0.388. The number of hydrogen-bond acceptors (Lipinski definition) is 3. The number of rotatable bonds is 4. The summed E-state index contributed by atoms with van der Waals surface area (Å²) in [4.78, 5) is 30.6. The van der Waals surface area contributed by atoms with Gasteiger partial charge in [0.25, 0.3) is 0 Å². The van der Waals surface area contributed by atoms with Crippen molar-refractivity contribution in [2.24, 2.45) is 0 Å². The summed E-state index contributed by atoms with van der Waals surface area (Å²) in [7, 11) is 0. The standard InChI is InChI=1S/C27H24FN3O3/c1-2-34-26(32)17-8-7-9-18(16-17)29-27(33)31-15-14-20-19-10-4-6-13-23(19)30-24(20)25(31)21-11-3-5-12-22(21)28/h3-13,16,25,30H,2,14-15H2,1H3,(H,29,33)/t25-/m0/s1. The number of esters is 1. The maximum atomic E-state index is 15.0. The normalized spacial score (nSPS) is 15.1. The number of hydrogen-bond donors (Lipinski definition) is 2. The number of fused-ring (bicyclic) bond motifs is 3. The highest BCUT2D eigenvalue weighted by molar-refractivity contribution is 5.94. The molecule has 2 amide bonds. The van der Waals surface area contributed by atoms with Gasteiger partial charge in [0.2, 0.25) is 0 Å². The fraction of sp³-hybridized carbons (Fsp3) is 0.185. The average molecular weight is 458 g/mol. The second-order valence-corrected chi connectivity index (χ2v) is 8.16. The Morgan fingerprint density at radius 3 is 2.71 bits per heavy atom. The van der Waals surface area contributed by atoms with Gasteiger partial charge < -0.3 is 19.9 Å². The van der Waals surface area contributed by atoms with Gasteiger partial charge in [-0.2, -0.15) is 0 Å². The molecule has 0 bridgehead atoms. The first-order valence-electron chi connectivity index (χ1n) is 11.3. The Balaban J connectivity index is 1.52. The molecule has 172 valence electrons. The van der Waals surface area contributed by atoms with Crippen LogP contribution in [-0.4, -0.2) is 35.0 Å². The minimum absolute atomic E-state index is 0.264. The summed E-state index contributed by atoms with van der Waals surface area (Å²) in [6.45, 7) is 2.42. The molecule has 4 aromatic rings. The molecule has 5 rings (SSSR count). The van der Waals surface area contributed by atoms with Crippen molar-refractivity contribution < 1.29 is 18.7 Å². The van der Waals surface area contributed by atoms with Crippen LogP contribution in [0.4, 0.5) is 14.9 Å². The zero-order chi connectivity index (χ0) is 23.7. The van der Waals surface area contributed by atoms with E-state index in [1.54, 1.807) is 54.3 Å². The number of aromatic nitrogens is 1. The molecule has 2 heterocycles. The molecule has 1 aromatic heterocycles. The van der Waals surface area contributed by atoms with Gasteiger partial charge in [-0.05, 0) is 49.2 Å². The van der Waals surface area contributed by atoms with Gasteiger partial charge in [-0.1, -0.05) is 42.5 Å². The molecule has 3 aromatic carbocycles. The first-order chi connectivity index (χ1) is 16.6. The van der Waals surface area contributed by atoms with Gasteiger partial charge in [0.15, 0.2) is 0 Å². The van der Waals surface area contributed by atoms with E-state index in [2.05, 4.69) is 10.3 Å². The van der Waals surface area contributed by atoms with Crippen molar-refractivity contribution in [2.75, 3.05) is 18.5 Å². The van der Waals surface area contributed by atoms with Gasteiger partial charge in [-0.3, -0.25) is 0 Å². The number of aromatic amines is 1. The number of nitrogens with one attached hydrogen (secondary N) is 2. The van der Waals surface area contributed by atoms with Gasteiger partial charge in [-0.25, -0.2) is 14.0 Å². The van der Waals surface area contributed by atoms with E-state index in [9.17, 15) is 14.0 Å². The molecule has 0 spiro atoms. The largest absolute Gasteiger partial charge is 0.462 e. The lowest BCUT2D eigenvalue weighted by molar-refractivity contribution is 0.0526. The monoisotopic (exact) mass is 457 g/mol. The van der Waals surface area contributed by atoms with Crippen molar-refractivity contribution in [3.63, 3.8) is 0 Å². The summed E-state index contributed by atoms with van der Waals surface area (Å²) < 4.78 is 20.0. The molecule has 6 nitrogen and oxygen atoms in total. The number of para-hydroxylation sites is 1. The molecular weight excluding hydrogens is 433 g/mol. The number of anilines is 1. The van der Waals surface area contributed by atoms with E-state index in [1.807, 2.05) is 24.3 Å². The van der Waals surface area contributed by atoms with Crippen LogP contribution in [0, 0.1) is 5.82 Å². The highest BCUT2D eigenvalue weighted by atomic mass is 19.1. The average Bonchev–Trinajstić information content (AvgIpc) is 3.23. The van der Waals surface area contributed by atoms with Gasteiger partial charge >= 0.3 is 12.0 Å². The smallest absolute Gasteiger partial charge is 0.338 e. The number of amides is 2. The van der Waals surface area contributed by atoms with Crippen LogP contribution < -0.4 is 5.32 Å². The number of urea groups is 1. The van der Waals surface area contributed by atoms with Crippen LogP contribution in [0.3, 0.4) is 0 Å². The molecule has 1 aliphatic heterocycles. The highest BCUT2D eigenvalue weighted by Crippen LogP contribution is 2.39. The molecular formula is C27H24FN3O3. The van der Waals surface area contributed by atoms with E-state index in [4.69, 9.17) is 4.74 Å². The molecule has 34 heavy (non-hydrogen) atoms. The van der Waals surface area contributed by atoms with Gasteiger partial charge in [0, 0.05) is 34.4 Å². The Kier molecular flexibility index (Phi) is 5.76. The van der Waals surface area contributed by atoms with Crippen LogP contribution in [-0.2, 0) is 11.2 Å². The van der Waals surface area contributed by atoms with Crippen LogP contribution in [0.25, 0.3) is 10.9 Å². The number of H-pyrrole nitrogens is 1. The predicted octanol–water partition coefficient (Wildman–Crippen LogP) is 5.66. The van der Waals surface area contributed by atoms with Crippen LogP contribution in [0.2, 0.25) is 0 Å². The fourth-order valence-electron chi connectivity index (χ4n) is 4.61. The van der Waals surface area contributed by atoms with Gasteiger partial charge in [0.1, 0.15) is 11.9 Å². The Labute approximate surface area is 196 Å². The second-order valence-electron chi connectivity index (χ2n) is 8.16. The molecule has 2 N–H and O–H groups in total. The van der Waals surface area contributed by atoms with Crippen molar-refractivity contribution in [3.05, 3.63) is 101 Å². The molecule has 0 fully saturated rings. The van der Waals surface area contributed by atoms with E-state index in [0.717, 1.165) is 22.2 Å². The number of carbonyl (C=O) groups is 2. The third-order valence-electron chi connectivity index (χ3n) is 6.12. The Bertz CT molecular complexity index is 1380. The van der Waals surface area contributed by atoms with Crippen molar-refractivity contribution in [1.82, 2.24) is 9.88 Å². The summed E-state index contributed by atoms with van der Waals surface area (Å²) in [5.74, 6) is -0.829. The summed E-state index contributed by atoms with van der Waals surface area (Å²) in [5, 5.41) is 3.96. The minimum atomic E-state index is -0.620. The summed E-state index contributed by atoms with van der Waals surface area (Å²) >= 11 is 0. The Morgan fingerprint density at radius 2 is 1.88 bits per heavy atom.